The maximum absolute atomic E-state index is 11.8. The number of hydrazone groups is 1. The van der Waals surface area contributed by atoms with Crippen LogP contribution in [0.5, 0.6) is 5.75 Å². The molecule has 0 aromatic heterocycles. The van der Waals surface area contributed by atoms with Crippen molar-refractivity contribution in [2.45, 2.75) is 11.5 Å². The number of carbonyl (C=O) groups excluding carboxylic acids is 1. The number of thioether (sulfide) groups is 1. The number of likely N-dealkylation sites (N-methyl/N-ethyl adjacent to an activating group) is 2. The minimum atomic E-state index is -0.152. The number of hydrogen-bond donors (Lipinski definition) is 1. The molecule has 7 nitrogen and oxygen atoms in total. The fourth-order valence-corrected chi connectivity index (χ4v) is 3.44. The van der Waals surface area contributed by atoms with Gasteiger partial charge in [-0.15, -0.1) is 0 Å². The number of carbonyl (C=O) groups is 1. The van der Waals surface area contributed by atoms with Gasteiger partial charge in [0.2, 0.25) is 0 Å². The predicted octanol–water partition coefficient (Wildman–Crippen LogP) is 1.37. The van der Waals surface area contributed by atoms with E-state index in [-0.39, 0.29) is 17.6 Å². The Morgan fingerprint density at radius 1 is 1.32 bits per heavy atom. The van der Waals surface area contributed by atoms with E-state index in [2.05, 4.69) is 15.5 Å². The molecule has 0 saturated carbocycles. The zero-order valence-electron chi connectivity index (χ0n) is 12.6. The molecule has 8 heteroatoms. The van der Waals surface area contributed by atoms with E-state index in [1.54, 1.807) is 37.2 Å². The second-order valence-electron chi connectivity index (χ2n) is 5.00. The molecule has 22 heavy (non-hydrogen) atoms. The number of aliphatic imine (C=N–C) groups is 1. The number of hydrogen-bond acceptors (Lipinski definition) is 6. The van der Waals surface area contributed by atoms with Gasteiger partial charge in [-0.2, -0.15) is 5.10 Å². The highest BCUT2D eigenvalue weighted by molar-refractivity contribution is 8.14. The molecule has 1 fully saturated rings. The van der Waals surface area contributed by atoms with Gasteiger partial charge >= 0.3 is 6.03 Å². The lowest BCUT2D eigenvalue weighted by molar-refractivity contribution is 0.201. The van der Waals surface area contributed by atoms with Crippen molar-refractivity contribution < 1.29 is 9.53 Å². The molecule has 2 unspecified atom stereocenters. The zero-order valence-corrected chi connectivity index (χ0v) is 13.4. The molecule has 0 aliphatic carbocycles. The van der Waals surface area contributed by atoms with Gasteiger partial charge in [0.15, 0.2) is 11.3 Å². The van der Waals surface area contributed by atoms with E-state index in [0.717, 1.165) is 11.3 Å². The van der Waals surface area contributed by atoms with Crippen LogP contribution in [-0.4, -0.2) is 60.0 Å². The van der Waals surface area contributed by atoms with Crippen LogP contribution in [0.15, 0.2) is 34.4 Å². The Kier molecular flexibility index (Phi) is 3.93. The van der Waals surface area contributed by atoms with Gasteiger partial charge in [-0.25, -0.2) is 9.79 Å². The average molecular weight is 319 g/mol. The number of rotatable bonds is 3. The maximum atomic E-state index is 11.8. The first-order valence-electron chi connectivity index (χ1n) is 6.77. The van der Waals surface area contributed by atoms with E-state index in [1.807, 2.05) is 24.3 Å². The molecule has 2 aliphatic rings. The quantitative estimate of drug-likeness (QED) is 0.675. The topological polar surface area (TPSA) is 69.5 Å². The van der Waals surface area contributed by atoms with E-state index in [0.29, 0.717) is 5.17 Å². The fraction of sp³-hybridized carbons (Fsp3) is 0.357. The maximum Gasteiger partial charge on any atom is 0.322 e. The third-order valence-electron chi connectivity index (χ3n) is 3.61. The standard InChI is InChI=1S/C14H17N5O2S/c1-18-11-12(19(2)14(18)20)22-13(16-11)17-15-8-9-4-6-10(21-3)7-5-9/h4-8,11-12H,1-3H3,(H,16,17)/b15-8+. The van der Waals surface area contributed by atoms with Crippen molar-refractivity contribution in [1.82, 2.24) is 15.2 Å². The van der Waals surface area contributed by atoms with Crippen LogP contribution in [0.4, 0.5) is 4.79 Å². The van der Waals surface area contributed by atoms with Crippen molar-refractivity contribution in [3.05, 3.63) is 29.8 Å². The van der Waals surface area contributed by atoms with Gasteiger partial charge in [-0.3, -0.25) is 5.43 Å². The molecule has 1 aromatic carbocycles. The van der Waals surface area contributed by atoms with Gasteiger partial charge in [0.1, 0.15) is 11.1 Å². The molecule has 116 valence electrons. The number of urea groups is 1. The zero-order chi connectivity index (χ0) is 15.7. The van der Waals surface area contributed by atoms with Crippen LogP contribution in [0, 0.1) is 0 Å². The van der Waals surface area contributed by atoms with Crippen molar-refractivity contribution in [1.29, 1.82) is 0 Å². The fourth-order valence-electron chi connectivity index (χ4n) is 2.32. The van der Waals surface area contributed by atoms with Crippen molar-refractivity contribution in [2.75, 3.05) is 21.2 Å². The first kappa shape index (κ1) is 14.7. The first-order valence-corrected chi connectivity index (χ1v) is 7.65. The molecule has 0 radical (unpaired) electrons. The number of amidine groups is 1. The SMILES string of the molecule is COc1ccc(/C=N/NC2=NC3C(S2)N(C)C(=O)N3C)cc1. The van der Waals surface area contributed by atoms with Gasteiger partial charge in [-0.05, 0) is 29.8 Å². The normalized spacial score (nSPS) is 24.0. The summed E-state index contributed by atoms with van der Waals surface area (Å²) in [6.45, 7) is 0. The smallest absolute Gasteiger partial charge is 0.322 e. The van der Waals surface area contributed by atoms with Crippen LogP contribution in [0.2, 0.25) is 0 Å². The van der Waals surface area contributed by atoms with E-state index < -0.39 is 0 Å². The van der Waals surface area contributed by atoms with E-state index >= 15 is 0 Å². The third-order valence-corrected chi connectivity index (χ3v) is 4.83. The van der Waals surface area contributed by atoms with Crippen LogP contribution < -0.4 is 10.2 Å². The summed E-state index contributed by atoms with van der Waals surface area (Å²) in [6, 6.07) is 7.59. The molecule has 0 bridgehead atoms. The molecule has 2 heterocycles. The lowest BCUT2D eigenvalue weighted by atomic mass is 10.2. The van der Waals surface area contributed by atoms with Crippen LogP contribution in [0.25, 0.3) is 0 Å². The summed E-state index contributed by atoms with van der Waals surface area (Å²) in [6.07, 6.45) is 1.57. The largest absolute Gasteiger partial charge is 0.497 e. The highest BCUT2D eigenvalue weighted by atomic mass is 32.2. The van der Waals surface area contributed by atoms with Crippen LogP contribution in [0.1, 0.15) is 5.56 Å². The number of ether oxygens (including phenoxy) is 1. The number of methoxy groups -OCH3 is 1. The molecular weight excluding hydrogens is 302 g/mol. The molecule has 2 atom stereocenters. The van der Waals surface area contributed by atoms with Crippen molar-refractivity contribution >= 4 is 29.2 Å². The molecule has 0 spiro atoms. The Morgan fingerprint density at radius 2 is 2.05 bits per heavy atom. The molecule has 2 amide bonds. The van der Waals surface area contributed by atoms with Gasteiger partial charge in [-0.1, -0.05) is 11.8 Å². The molecule has 2 aliphatic heterocycles. The number of amides is 2. The summed E-state index contributed by atoms with van der Waals surface area (Å²) in [5, 5.41) is 4.91. The lowest BCUT2D eigenvalue weighted by Gasteiger charge is -2.14. The van der Waals surface area contributed by atoms with E-state index in [1.165, 1.54) is 11.8 Å². The van der Waals surface area contributed by atoms with Crippen LogP contribution in [0.3, 0.4) is 0 Å². The minimum Gasteiger partial charge on any atom is -0.497 e. The van der Waals surface area contributed by atoms with Crippen molar-refractivity contribution in [3.63, 3.8) is 0 Å². The second-order valence-corrected chi connectivity index (χ2v) is 6.11. The Morgan fingerprint density at radius 3 is 2.68 bits per heavy atom. The summed E-state index contributed by atoms with van der Waals surface area (Å²) >= 11 is 1.51. The lowest BCUT2D eigenvalue weighted by Crippen LogP contribution is -2.30. The van der Waals surface area contributed by atoms with E-state index in [9.17, 15) is 4.79 Å². The Balaban J connectivity index is 1.60. The summed E-state index contributed by atoms with van der Waals surface area (Å²) in [5.41, 5.74) is 3.89. The monoisotopic (exact) mass is 319 g/mol. The Labute approximate surface area is 133 Å². The second kappa shape index (κ2) is 5.88. The van der Waals surface area contributed by atoms with Gasteiger partial charge in [0.25, 0.3) is 0 Å². The molecule has 1 saturated heterocycles. The van der Waals surface area contributed by atoms with Crippen LogP contribution in [-0.2, 0) is 0 Å². The summed E-state index contributed by atoms with van der Waals surface area (Å²) < 4.78 is 5.11. The highest BCUT2D eigenvalue weighted by Crippen LogP contribution is 2.35. The Bertz CT molecular complexity index is 631. The predicted molar refractivity (Wildman–Crippen MR) is 87.2 cm³/mol. The average Bonchev–Trinajstić information content (AvgIpc) is 3.04. The van der Waals surface area contributed by atoms with Crippen molar-refractivity contribution in [3.8, 4) is 5.75 Å². The summed E-state index contributed by atoms with van der Waals surface area (Å²) in [7, 11) is 5.18. The van der Waals surface area contributed by atoms with Gasteiger partial charge < -0.3 is 14.5 Å². The summed E-state index contributed by atoms with van der Waals surface area (Å²) in [4.78, 5) is 19.6. The highest BCUT2D eigenvalue weighted by Gasteiger charge is 2.46. The number of nitrogens with one attached hydrogen (secondary N) is 1. The molecule has 1 N–H and O–H groups in total. The number of fused-ring (bicyclic) bond motifs is 1. The Hall–Kier alpha value is -2.22. The molecular formula is C14H17N5O2S. The van der Waals surface area contributed by atoms with E-state index in [4.69, 9.17) is 4.74 Å². The van der Waals surface area contributed by atoms with Gasteiger partial charge in [0, 0.05) is 14.1 Å². The summed E-state index contributed by atoms with van der Waals surface area (Å²) in [5.74, 6) is 0.810. The number of benzene rings is 1. The first-order chi connectivity index (χ1) is 10.6. The molecule has 1 aromatic rings. The number of nitrogens with zero attached hydrogens (tertiary/aromatic N) is 4. The molecule has 3 rings (SSSR count). The third kappa shape index (κ3) is 2.61. The van der Waals surface area contributed by atoms with Crippen molar-refractivity contribution in [2.24, 2.45) is 10.1 Å². The van der Waals surface area contributed by atoms with Gasteiger partial charge in [0.05, 0.1) is 13.3 Å². The van der Waals surface area contributed by atoms with Crippen LogP contribution >= 0.6 is 11.8 Å². The minimum absolute atomic E-state index is 0.00738.